The maximum atomic E-state index is 12.2. The molecule has 0 spiro atoms. The van der Waals surface area contributed by atoms with Gasteiger partial charge in [0, 0.05) is 12.7 Å². The summed E-state index contributed by atoms with van der Waals surface area (Å²) >= 11 is 0. The van der Waals surface area contributed by atoms with E-state index >= 15 is 0 Å². The molecule has 104 valence electrons. The Kier molecular flexibility index (Phi) is 2.81. The third kappa shape index (κ3) is 1.71. The molecule has 6 heteroatoms. The third-order valence-electron chi connectivity index (χ3n) is 4.21. The lowest BCUT2D eigenvalue weighted by Crippen LogP contribution is -2.44. The van der Waals surface area contributed by atoms with Gasteiger partial charge in [-0.3, -0.25) is 24.3 Å². The number of imide groups is 1. The lowest BCUT2D eigenvalue weighted by molar-refractivity contribution is -0.149. The van der Waals surface area contributed by atoms with E-state index in [1.54, 1.807) is 12.1 Å². The van der Waals surface area contributed by atoms with E-state index in [-0.39, 0.29) is 17.8 Å². The molecule has 0 saturated heterocycles. The maximum absolute atomic E-state index is 12.2. The SMILES string of the molecule is O=C1c2cccnc2C(=O)N1CC1(C(=O)O)CCCC1. The number of carboxylic acid groups (broad SMARTS) is 1. The predicted molar refractivity (Wildman–Crippen MR) is 68.1 cm³/mol. The van der Waals surface area contributed by atoms with Crippen molar-refractivity contribution in [1.82, 2.24) is 9.88 Å². The Bertz CT molecular complexity index is 570. The Hall–Kier alpha value is -2.24. The molecule has 1 N–H and O–H groups in total. The summed E-state index contributed by atoms with van der Waals surface area (Å²) in [6.45, 7) is -0.0592. The van der Waals surface area contributed by atoms with Crippen molar-refractivity contribution in [1.29, 1.82) is 0 Å². The number of aliphatic carboxylic acids is 1. The summed E-state index contributed by atoms with van der Waals surface area (Å²) in [6.07, 6.45) is 4.09. The molecule has 1 aliphatic carbocycles. The number of amides is 2. The van der Waals surface area contributed by atoms with Crippen molar-refractivity contribution in [2.24, 2.45) is 5.41 Å². The standard InChI is InChI=1S/C14H14N2O4/c17-11-9-4-3-7-15-10(9)12(18)16(11)8-14(13(19)20)5-1-2-6-14/h3-4,7H,1-2,5-6,8H2,(H,19,20). The Labute approximate surface area is 115 Å². The normalized spacial score (nSPS) is 20.3. The smallest absolute Gasteiger partial charge is 0.311 e. The van der Waals surface area contributed by atoms with Crippen molar-refractivity contribution in [3.05, 3.63) is 29.6 Å². The van der Waals surface area contributed by atoms with Gasteiger partial charge in [0.25, 0.3) is 11.8 Å². The van der Waals surface area contributed by atoms with Crippen molar-refractivity contribution >= 4 is 17.8 Å². The fourth-order valence-electron chi connectivity index (χ4n) is 3.05. The first kappa shape index (κ1) is 12.8. The molecule has 0 radical (unpaired) electrons. The van der Waals surface area contributed by atoms with Crippen molar-refractivity contribution in [3.8, 4) is 0 Å². The van der Waals surface area contributed by atoms with Gasteiger partial charge in [-0.1, -0.05) is 12.8 Å². The minimum Gasteiger partial charge on any atom is -0.481 e. The molecule has 20 heavy (non-hydrogen) atoms. The van der Waals surface area contributed by atoms with Gasteiger partial charge in [0.1, 0.15) is 5.69 Å². The number of rotatable bonds is 3. The van der Waals surface area contributed by atoms with E-state index in [2.05, 4.69) is 4.98 Å². The van der Waals surface area contributed by atoms with Gasteiger partial charge in [0.05, 0.1) is 11.0 Å². The Balaban J connectivity index is 1.92. The maximum Gasteiger partial charge on any atom is 0.311 e. The summed E-state index contributed by atoms with van der Waals surface area (Å²) in [5.41, 5.74) is -0.611. The van der Waals surface area contributed by atoms with E-state index in [0.717, 1.165) is 17.7 Å². The van der Waals surface area contributed by atoms with E-state index in [0.29, 0.717) is 12.8 Å². The first-order valence-electron chi connectivity index (χ1n) is 6.60. The molecule has 1 fully saturated rings. The highest BCUT2D eigenvalue weighted by atomic mass is 16.4. The molecule has 2 amide bonds. The summed E-state index contributed by atoms with van der Waals surface area (Å²) in [4.78, 5) is 40.9. The number of pyridine rings is 1. The van der Waals surface area contributed by atoms with Crippen LogP contribution in [-0.4, -0.2) is 39.3 Å². The average Bonchev–Trinajstić information content (AvgIpc) is 3.01. The van der Waals surface area contributed by atoms with Crippen LogP contribution in [0.3, 0.4) is 0 Å². The van der Waals surface area contributed by atoms with Crippen LogP contribution in [0, 0.1) is 5.41 Å². The van der Waals surface area contributed by atoms with E-state index < -0.39 is 23.2 Å². The number of nitrogens with zero attached hydrogens (tertiary/aromatic N) is 2. The van der Waals surface area contributed by atoms with Gasteiger partial charge >= 0.3 is 5.97 Å². The Morgan fingerprint density at radius 2 is 2.00 bits per heavy atom. The van der Waals surface area contributed by atoms with E-state index in [9.17, 15) is 19.5 Å². The van der Waals surface area contributed by atoms with Gasteiger partial charge in [0.2, 0.25) is 0 Å². The van der Waals surface area contributed by atoms with Crippen LogP contribution in [0.25, 0.3) is 0 Å². The number of aromatic nitrogens is 1. The average molecular weight is 274 g/mol. The highest BCUT2D eigenvalue weighted by Gasteiger charge is 2.47. The fourth-order valence-corrected chi connectivity index (χ4v) is 3.05. The molecule has 2 aliphatic rings. The number of hydrogen-bond acceptors (Lipinski definition) is 4. The topological polar surface area (TPSA) is 87.6 Å². The summed E-state index contributed by atoms with van der Waals surface area (Å²) in [5, 5.41) is 9.45. The predicted octanol–water partition coefficient (Wildman–Crippen LogP) is 1.32. The van der Waals surface area contributed by atoms with Gasteiger partial charge in [-0.2, -0.15) is 0 Å². The molecule has 0 unspecified atom stereocenters. The van der Waals surface area contributed by atoms with Crippen molar-refractivity contribution in [3.63, 3.8) is 0 Å². The zero-order valence-corrected chi connectivity index (χ0v) is 10.8. The van der Waals surface area contributed by atoms with Crippen LogP contribution >= 0.6 is 0 Å². The molecule has 1 aliphatic heterocycles. The monoisotopic (exact) mass is 274 g/mol. The van der Waals surface area contributed by atoms with Gasteiger partial charge in [-0.05, 0) is 25.0 Å². The second-order valence-corrected chi connectivity index (χ2v) is 5.39. The molecule has 1 aromatic rings. The van der Waals surface area contributed by atoms with Gasteiger partial charge < -0.3 is 5.11 Å². The minimum atomic E-state index is -0.993. The highest BCUT2D eigenvalue weighted by molar-refractivity contribution is 6.20. The van der Waals surface area contributed by atoms with E-state index in [1.807, 2.05) is 0 Å². The van der Waals surface area contributed by atoms with E-state index in [4.69, 9.17) is 0 Å². The summed E-state index contributed by atoms with van der Waals surface area (Å²) in [6, 6.07) is 3.14. The van der Waals surface area contributed by atoms with Crippen molar-refractivity contribution in [2.45, 2.75) is 25.7 Å². The summed E-state index contributed by atoms with van der Waals surface area (Å²) < 4.78 is 0. The van der Waals surface area contributed by atoms with Gasteiger partial charge in [-0.25, -0.2) is 0 Å². The van der Waals surface area contributed by atoms with Crippen molar-refractivity contribution in [2.75, 3.05) is 6.54 Å². The lowest BCUT2D eigenvalue weighted by Gasteiger charge is -2.28. The third-order valence-corrected chi connectivity index (χ3v) is 4.21. The number of hydrogen-bond donors (Lipinski definition) is 1. The minimum absolute atomic E-state index is 0.0592. The van der Waals surface area contributed by atoms with Crippen molar-refractivity contribution < 1.29 is 19.5 Å². The first-order valence-corrected chi connectivity index (χ1v) is 6.60. The zero-order chi connectivity index (χ0) is 14.3. The molecule has 0 atom stereocenters. The van der Waals surface area contributed by atoms with Crippen LogP contribution in [0.4, 0.5) is 0 Å². The molecule has 0 aromatic carbocycles. The summed E-state index contributed by atoms with van der Waals surface area (Å²) in [7, 11) is 0. The number of fused-ring (bicyclic) bond motifs is 1. The molecular formula is C14H14N2O4. The number of carboxylic acids is 1. The Morgan fingerprint density at radius 1 is 1.30 bits per heavy atom. The second kappa shape index (κ2) is 4.40. The van der Waals surface area contributed by atoms with Crippen LogP contribution in [0.1, 0.15) is 46.5 Å². The largest absolute Gasteiger partial charge is 0.481 e. The summed E-state index contributed by atoms with van der Waals surface area (Å²) in [5.74, 6) is -1.86. The molecule has 0 bridgehead atoms. The van der Waals surface area contributed by atoms with E-state index in [1.165, 1.54) is 6.20 Å². The number of carbonyl (C=O) groups excluding carboxylic acids is 2. The van der Waals surface area contributed by atoms with Crippen LogP contribution in [0.5, 0.6) is 0 Å². The zero-order valence-electron chi connectivity index (χ0n) is 10.8. The molecular weight excluding hydrogens is 260 g/mol. The fraction of sp³-hybridized carbons (Fsp3) is 0.429. The number of carbonyl (C=O) groups is 3. The van der Waals surface area contributed by atoms with Crippen LogP contribution < -0.4 is 0 Å². The van der Waals surface area contributed by atoms with Crippen LogP contribution in [0.2, 0.25) is 0 Å². The molecule has 1 saturated carbocycles. The molecule has 1 aromatic heterocycles. The molecule has 6 nitrogen and oxygen atoms in total. The van der Waals surface area contributed by atoms with Gasteiger partial charge in [0.15, 0.2) is 0 Å². The van der Waals surface area contributed by atoms with Crippen LogP contribution in [0.15, 0.2) is 18.3 Å². The first-order chi connectivity index (χ1) is 9.55. The Morgan fingerprint density at radius 3 is 2.60 bits per heavy atom. The van der Waals surface area contributed by atoms with Crippen LogP contribution in [-0.2, 0) is 4.79 Å². The quantitative estimate of drug-likeness (QED) is 0.840. The highest BCUT2D eigenvalue weighted by Crippen LogP contribution is 2.40. The van der Waals surface area contributed by atoms with Gasteiger partial charge in [-0.15, -0.1) is 0 Å². The molecule has 3 rings (SSSR count). The molecule has 2 heterocycles. The second-order valence-electron chi connectivity index (χ2n) is 5.39. The lowest BCUT2D eigenvalue weighted by atomic mass is 9.85.